The molecule has 0 aromatic rings. The average molecular weight is 177 g/mol. The lowest BCUT2D eigenvalue weighted by atomic mass is 10.1. The molecule has 0 fully saturated rings. The van der Waals surface area contributed by atoms with E-state index in [0.29, 0.717) is 0 Å². The van der Waals surface area contributed by atoms with Crippen molar-refractivity contribution in [2.24, 2.45) is 4.99 Å². The molecule has 0 amide bonds. The molecule has 0 atom stereocenters. The predicted molar refractivity (Wildman–Crippen MR) is 61.4 cm³/mol. The maximum atomic E-state index is 4.18. The number of hydrogen-bond donors (Lipinski definition) is 0. The van der Waals surface area contributed by atoms with Crippen LogP contribution in [0.5, 0.6) is 0 Å². The third kappa shape index (κ3) is 5.18. The van der Waals surface area contributed by atoms with Crippen molar-refractivity contribution in [2.45, 2.75) is 27.2 Å². The number of hydrogen-bond acceptors (Lipinski definition) is 1. The molecule has 0 spiro atoms. The Kier molecular flexibility index (Phi) is 6.89. The fourth-order valence-electron chi connectivity index (χ4n) is 0.974. The van der Waals surface area contributed by atoms with Gasteiger partial charge in [0, 0.05) is 7.05 Å². The molecule has 72 valence electrons. The Labute approximate surface area is 81.6 Å². The Hall–Kier alpha value is -1.11. The van der Waals surface area contributed by atoms with E-state index in [-0.39, 0.29) is 0 Å². The Morgan fingerprint density at radius 1 is 1.38 bits per heavy atom. The smallest absolute Gasteiger partial charge is 0.0596 e. The van der Waals surface area contributed by atoms with Gasteiger partial charge < -0.3 is 0 Å². The Morgan fingerprint density at radius 2 is 2.08 bits per heavy atom. The first-order chi connectivity index (χ1) is 6.26. The fourth-order valence-corrected chi connectivity index (χ4v) is 0.974. The van der Waals surface area contributed by atoms with Crippen LogP contribution in [0.1, 0.15) is 27.2 Å². The Balaban J connectivity index is 4.46. The van der Waals surface area contributed by atoms with Gasteiger partial charge in [0.05, 0.1) is 5.71 Å². The first-order valence-corrected chi connectivity index (χ1v) is 4.69. The van der Waals surface area contributed by atoms with E-state index < -0.39 is 0 Å². The number of allylic oxidation sites excluding steroid dienone is 6. The van der Waals surface area contributed by atoms with Gasteiger partial charge in [-0.05, 0) is 31.9 Å². The van der Waals surface area contributed by atoms with Crippen molar-refractivity contribution in [3.05, 3.63) is 36.0 Å². The second-order valence-corrected chi connectivity index (χ2v) is 2.79. The highest BCUT2D eigenvalue weighted by Gasteiger charge is 1.92. The molecule has 0 bridgehead atoms. The van der Waals surface area contributed by atoms with Gasteiger partial charge in [-0.2, -0.15) is 0 Å². The van der Waals surface area contributed by atoms with Crippen molar-refractivity contribution < 1.29 is 0 Å². The van der Waals surface area contributed by atoms with Crippen LogP contribution in [0.15, 0.2) is 40.9 Å². The van der Waals surface area contributed by atoms with E-state index in [9.17, 15) is 0 Å². The van der Waals surface area contributed by atoms with Crippen molar-refractivity contribution in [1.82, 2.24) is 0 Å². The summed E-state index contributed by atoms with van der Waals surface area (Å²) in [6.07, 6.45) is 11.4. The van der Waals surface area contributed by atoms with Gasteiger partial charge in [-0.15, -0.1) is 0 Å². The van der Waals surface area contributed by atoms with Crippen LogP contribution in [-0.2, 0) is 0 Å². The van der Waals surface area contributed by atoms with E-state index >= 15 is 0 Å². The lowest BCUT2D eigenvalue weighted by Gasteiger charge is -1.97. The minimum absolute atomic E-state index is 1.04. The highest BCUT2D eigenvalue weighted by molar-refractivity contribution is 6.07. The molecule has 0 rings (SSSR count). The summed E-state index contributed by atoms with van der Waals surface area (Å²) in [4.78, 5) is 4.18. The first-order valence-electron chi connectivity index (χ1n) is 4.69. The molecule has 13 heavy (non-hydrogen) atoms. The maximum absolute atomic E-state index is 4.18. The molecular formula is C12H19N. The molecule has 0 unspecified atom stereocenters. The van der Waals surface area contributed by atoms with Crippen molar-refractivity contribution in [3.8, 4) is 0 Å². The molecule has 0 N–H and O–H groups in total. The normalized spacial score (nSPS) is 14.8. The summed E-state index contributed by atoms with van der Waals surface area (Å²) in [7, 11) is 1.82. The fraction of sp³-hybridized carbons (Fsp3) is 0.417. The summed E-state index contributed by atoms with van der Waals surface area (Å²) in [6.45, 7) is 6.20. The summed E-state index contributed by atoms with van der Waals surface area (Å²) in [6, 6.07) is 0. The zero-order valence-electron chi connectivity index (χ0n) is 9.04. The van der Waals surface area contributed by atoms with Gasteiger partial charge in [0.15, 0.2) is 0 Å². The molecule has 0 aromatic heterocycles. The van der Waals surface area contributed by atoms with Gasteiger partial charge in [0.2, 0.25) is 0 Å². The van der Waals surface area contributed by atoms with Crippen LogP contribution in [0.2, 0.25) is 0 Å². The predicted octanol–water partition coefficient (Wildman–Crippen LogP) is 3.55. The van der Waals surface area contributed by atoms with Crippen LogP contribution in [0.3, 0.4) is 0 Å². The lowest BCUT2D eigenvalue weighted by molar-refractivity contribution is 1.22. The minimum Gasteiger partial charge on any atom is -0.288 e. The van der Waals surface area contributed by atoms with Crippen LogP contribution in [0, 0.1) is 0 Å². The van der Waals surface area contributed by atoms with Crippen LogP contribution in [0.4, 0.5) is 0 Å². The zero-order valence-corrected chi connectivity index (χ0v) is 9.04. The zero-order chi connectivity index (χ0) is 10.1. The Bertz CT molecular complexity index is 242. The van der Waals surface area contributed by atoms with Crippen LogP contribution in [0.25, 0.3) is 0 Å². The topological polar surface area (TPSA) is 12.4 Å². The summed E-state index contributed by atoms with van der Waals surface area (Å²) >= 11 is 0. The van der Waals surface area contributed by atoms with Crippen LogP contribution < -0.4 is 0 Å². The van der Waals surface area contributed by atoms with Crippen LogP contribution in [-0.4, -0.2) is 12.8 Å². The van der Waals surface area contributed by atoms with Crippen molar-refractivity contribution in [2.75, 3.05) is 7.05 Å². The molecule has 1 heteroatoms. The minimum atomic E-state index is 1.04. The molecule has 0 aliphatic rings. The molecule has 0 saturated carbocycles. The molecule has 0 aromatic carbocycles. The summed E-state index contributed by atoms with van der Waals surface area (Å²) in [5.41, 5.74) is 2.24. The summed E-state index contributed by atoms with van der Waals surface area (Å²) in [5.74, 6) is 0. The largest absolute Gasteiger partial charge is 0.288 e. The molecule has 0 aliphatic carbocycles. The van der Waals surface area contributed by atoms with Gasteiger partial charge in [-0.3, -0.25) is 4.99 Å². The number of rotatable bonds is 4. The van der Waals surface area contributed by atoms with E-state index in [4.69, 9.17) is 0 Å². The standard InChI is InChI=1S/C12H19N/c1-5-7-8-10-11(3)12(13-4)9-6-2/h6-10H,5H2,1-4H3/b8-7-,9-6-,11-10-,13-12?. The van der Waals surface area contributed by atoms with Gasteiger partial charge >= 0.3 is 0 Å². The quantitative estimate of drug-likeness (QED) is 0.460. The van der Waals surface area contributed by atoms with Crippen molar-refractivity contribution in [3.63, 3.8) is 0 Å². The van der Waals surface area contributed by atoms with Gasteiger partial charge in [-0.25, -0.2) is 0 Å². The van der Waals surface area contributed by atoms with Gasteiger partial charge in [0.25, 0.3) is 0 Å². The SMILES string of the molecule is C/C=C\C(=NC)/C(C)=C\C=C/CC. The second kappa shape index (κ2) is 7.53. The summed E-state index contributed by atoms with van der Waals surface area (Å²) in [5, 5.41) is 0. The second-order valence-electron chi connectivity index (χ2n) is 2.79. The molecule has 0 radical (unpaired) electrons. The van der Waals surface area contributed by atoms with E-state index in [0.717, 1.165) is 12.1 Å². The lowest BCUT2D eigenvalue weighted by Crippen LogP contribution is -1.94. The van der Waals surface area contributed by atoms with E-state index in [2.05, 4.69) is 37.1 Å². The first kappa shape index (κ1) is 11.9. The highest BCUT2D eigenvalue weighted by Crippen LogP contribution is 1.99. The maximum Gasteiger partial charge on any atom is 0.0596 e. The average Bonchev–Trinajstić information content (AvgIpc) is 2.14. The van der Waals surface area contributed by atoms with E-state index in [1.165, 1.54) is 5.57 Å². The van der Waals surface area contributed by atoms with Gasteiger partial charge in [0.1, 0.15) is 0 Å². The molecule has 0 aliphatic heterocycles. The van der Waals surface area contributed by atoms with E-state index in [1.54, 1.807) is 0 Å². The van der Waals surface area contributed by atoms with Crippen molar-refractivity contribution in [1.29, 1.82) is 0 Å². The van der Waals surface area contributed by atoms with Crippen LogP contribution >= 0.6 is 0 Å². The molecular weight excluding hydrogens is 158 g/mol. The number of aliphatic imine (C=N–C) groups is 1. The molecule has 0 heterocycles. The third-order valence-electron chi connectivity index (χ3n) is 1.69. The summed E-state index contributed by atoms with van der Waals surface area (Å²) < 4.78 is 0. The van der Waals surface area contributed by atoms with Crippen molar-refractivity contribution >= 4 is 5.71 Å². The number of nitrogens with zero attached hydrogens (tertiary/aromatic N) is 1. The monoisotopic (exact) mass is 177 g/mol. The molecule has 0 saturated heterocycles. The molecule has 1 nitrogen and oxygen atoms in total. The van der Waals surface area contributed by atoms with E-state index in [1.807, 2.05) is 26.1 Å². The van der Waals surface area contributed by atoms with Gasteiger partial charge in [-0.1, -0.05) is 31.2 Å². The third-order valence-corrected chi connectivity index (χ3v) is 1.69. The highest BCUT2D eigenvalue weighted by atomic mass is 14.7. The Morgan fingerprint density at radius 3 is 2.54 bits per heavy atom.